The Morgan fingerprint density at radius 3 is 1.67 bits per heavy atom. The van der Waals surface area contributed by atoms with Crippen LogP contribution in [-0.2, 0) is 23.7 Å². The first-order valence-corrected chi connectivity index (χ1v) is 20.7. The molecule has 1 aliphatic heterocycles. The fourth-order valence-corrected chi connectivity index (χ4v) is 5.59. The number of hydrogen-bond donors (Lipinski definition) is 4. The second-order valence-corrected chi connectivity index (χ2v) is 13.7. The first-order valence-electron chi connectivity index (χ1n) is 20.7. The lowest BCUT2D eigenvalue weighted by Gasteiger charge is -2.39. The smallest absolute Gasteiger partial charge is 0.306 e. The summed E-state index contributed by atoms with van der Waals surface area (Å²) < 4.78 is 22.6. The van der Waals surface area contributed by atoms with Crippen molar-refractivity contribution in [2.24, 2.45) is 0 Å². The van der Waals surface area contributed by atoms with Crippen LogP contribution in [0.5, 0.6) is 0 Å². The number of rotatable bonds is 33. The summed E-state index contributed by atoms with van der Waals surface area (Å²) in [7, 11) is 0. The van der Waals surface area contributed by atoms with E-state index in [-0.39, 0.29) is 19.2 Å². The van der Waals surface area contributed by atoms with Crippen molar-refractivity contribution in [1.29, 1.82) is 0 Å². The number of allylic oxidation sites excluding steroid dienone is 14. The second-order valence-electron chi connectivity index (χ2n) is 13.7. The molecule has 1 aliphatic rings. The minimum Gasteiger partial charge on any atom is -0.457 e. The number of hydrogen-bond acceptors (Lipinski definition) is 9. The molecule has 0 saturated carbocycles. The number of ether oxygens (including phenoxy) is 4. The number of aliphatic hydroxyl groups is 4. The van der Waals surface area contributed by atoms with Gasteiger partial charge in [0.15, 0.2) is 6.29 Å². The Morgan fingerprint density at radius 1 is 0.611 bits per heavy atom. The van der Waals surface area contributed by atoms with E-state index in [1.54, 1.807) is 0 Å². The van der Waals surface area contributed by atoms with Crippen molar-refractivity contribution < 1.29 is 44.2 Å². The summed E-state index contributed by atoms with van der Waals surface area (Å²) in [6.45, 7) is 4.25. The Labute approximate surface area is 327 Å². The van der Waals surface area contributed by atoms with E-state index in [4.69, 9.17) is 18.9 Å². The fourth-order valence-electron chi connectivity index (χ4n) is 5.59. The van der Waals surface area contributed by atoms with Gasteiger partial charge in [0, 0.05) is 13.0 Å². The van der Waals surface area contributed by atoms with Crippen molar-refractivity contribution in [2.75, 3.05) is 26.4 Å². The van der Waals surface area contributed by atoms with Crippen LogP contribution >= 0.6 is 0 Å². The molecule has 0 aromatic rings. The van der Waals surface area contributed by atoms with Crippen LogP contribution < -0.4 is 0 Å². The lowest BCUT2D eigenvalue weighted by molar-refractivity contribution is -0.305. The Bertz CT molecular complexity index is 1090. The molecule has 0 amide bonds. The van der Waals surface area contributed by atoms with Crippen molar-refractivity contribution in [3.05, 3.63) is 85.1 Å². The summed E-state index contributed by atoms with van der Waals surface area (Å²) in [6.07, 6.45) is 40.7. The molecule has 9 heteroatoms. The Kier molecular flexibility index (Phi) is 33.0. The minimum atomic E-state index is -1.55. The predicted molar refractivity (Wildman–Crippen MR) is 219 cm³/mol. The van der Waals surface area contributed by atoms with E-state index in [2.05, 4.69) is 98.9 Å². The van der Waals surface area contributed by atoms with Gasteiger partial charge >= 0.3 is 5.97 Å². The normalized spacial score (nSPS) is 21.8. The molecule has 0 radical (unpaired) electrons. The molecule has 0 aromatic carbocycles. The van der Waals surface area contributed by atoms with Crippen molar-refractivity contribution >= 4 is 5.97 Å². The molecule has 1 rings (SSSR count). The number of carbonyl (C=O) groups is 1. The van der Waals surface area contributed by atoms with Crippen molar-refractivity contribution in [2.45, 2.75) is 166 Å². The van der Waals surface area contributed by atoms with Crippen molar-refractivity contribution in [3.8, 4) is 0 Å². The van der Waals surface area contributed by atoms with Crippen LogP contribution in [0.15, 0.2) is 85.1 Å². The third-order valence-electron chi connectivity index (χ3n) is 8.83. The van der Waals surface area contributed by atoms with Gasteiger partial charge in [-0.3, -0.25) is 4.79 Å². The maximum atomic E-state index is 12.6. The highest BCUT2D eigenvalue weighted by molar-refractivity contribution is 5.69. The minimum absolute atomic E-state index is 0.110. The largest absolute Gasteiger partial charge is 0.457 e. The van der Waals surface area contributed by atoms with Crippen molar-refractivity contribution in [3.63, 3.8) is 0 Å². The summed E-state index contributed by atoms with van der Waals surface area (Å²) in [5.41, 5.74) is 0. The molecule has 6 unspecified atom stereocenters. The van der Waals surface area contributed by atoms with Crippen LogP contribution in [-0.4, -0.2) is 89.6 Å². The molecule has 1 heterocycles. The van der Waals surface area contributed by atoms with Crippen LogP contribution in [0.3, 0.4) is 0 Å². The van der Waals surface area contributed by atoms with E-state index in [0.29, 0.717) is 13.0 Å². The van der Waals surface area contributed by atoms with Gasteiger partial charge in [0.05, 0.1) is 19.8 Å². The monoisotopic (exact) mass is 759 g/mol. The lowest BCUT2D eigenvalue weighted by Crippen LogP contribution is -2.59. The van der Waals surface area contributed by atoms with Gasteiger partial charge < -0.3 is 39.4 Å². The van der Waals surface area contributed by atoms with Crippen LogP contribution in [0.2, 0.25) is 0 Å². The van der Waals surface area contributed by atoms with E-state index in [1.165, 1.54) is 25.7 Å². The van der Waals surface area contributed by atoms with E-state index in [0.717, 1.165) is 83.5 Å². The number of esters is 1. The summed E-state index contributed by atoms with van der Waals surface area (Å²) in [5, 5.41) is 39.9. The highest BCUT2D eigenvalue weighted by Crippen LogP contribution is 2.22. The summed E-state index contributed by atoms with van der Waals surface area (Å²) in [5.74, 6) is -0.341. The van der Waals surface area contributed by atoms with Gasteiger partial charge in [-0.05, 0) is 70.6 Å². The maximum absolute atomic E-state index is 12.6. The Balaban J connectivity index is 2.27. The van der Waals surface area contributed by atoms with Crippen LogP contribution in [0.1, 0.15) is 129 Å². The summed E-state index contributed by atoms with van der Waals surface area (Å²) >= 11 is 0. The van der Waals surface area contributed by atoms with Gasteiger partial charge in [0.1, 0.15) is 30.5 Å². The van der Waals surface area contributed by atoms with Gasteiger partial charge in [-0.25, -0.2) is 0 Å². The molecule has 308 valence electrons. The highest BCUT2D eigenvalue weighted by atomic mass is 16.7. The van der Waals surface area contributed by atoms with Gasteiger partial charge in [-0.1, -0.05) is 137 Å². The average Bonchev–Trinajstić information content (AvgIpc) is 3.17. The zero-order valence-electron chi connectivity index (χ0n) is 33.4. The van der Waals surface area contributed by atoms with Gasteiger partial charge in [0.25, 0.3) is 0 Å². The lowest BCUT2D eigenvalue weighted by atomic mass is 9.99. The van der Waals surface area contributed by atoms with Gasteiger partial charge in [-0.2, -0.15) is 0 Å². The van der Waals surface area contributed by atoms with Gasteiger partial charge in [-0.15, -0.1) is 0 Å². The summed E-state index contributed by atoms with van der Waals surface area (Å²) in [6, 6.07) is 0. The second kappa shape index (κ2) is 36.0. The molecule has 6 atom stereocenters. The molecule has 1 saturated heterocycles. The van der Waals surface area contributed by atoms with Gasteiger partial charge in [0.2, 0.25) is 0 Å². The number of unbranched alkanes of at least 4 members (excludes halogenated alkanes) is 8. The molecule has 9 nitrogen and oxygen atoms in total. The maximum Gasteiger partial charge on any atom is 0.306 e. The average molecular weight is 759 g/mol. The predicted octanol–water partition coefficient (Wildman–Crippen LogP) is 8.69. The topological polar surface area (TPSA) is 135 Å². The van der Waals surface area contributed by atoms with Crippen LogP contribution in [0.25, 0.3) is 0 Å². The van der Waals surface area contributed by atoms with E-state index in [1.807, 2.05) is 0 Å². The highest BCUT2D eigenvalue weighted by Gasteiger charge is 2.44. The number of aliphatic hydroxyl groups excluding tert-OH is 4. The zero-order valence-corrected chi connectivity index (χ0v) is 33.4. The third-order valence-corrected chi connectivity index (χ3v) is 8.83. The quantitative estimate of drug-likeness (QED) is 0.0295. The molecule has 0 bridgehead atoms. The first kappa shape index (κ1) is 49.4. The molecule has 54 heavy (non-hydrogen) atoms. The zero-order chi connectivity index (χ0) is 39.3. The molecule has 0 aliphatic carbocycles. The number of carbonyl (C=O) groups excluding carboxylic acids is 1. The van der Waals surface area contributed by atoms with E-state index >= 15 is 0 Å². The molecular formula is C45H74O9. The van der Waals surface area contributed by atoms with E-state index < -0.39 is 43.4 Å². The molecule has 0 spiro atoms. The Morgan fingerprint density at radius 2 is 1.13 bits per heavy atom. The molecular weight excluding hydrogens is 684 g/mol. The summed E-state index contributed by atoms with van der Waals surface area (Å²) in [4.78, 5) is 12.6. The molecule has 1 fully saturated rings. The molecule has 0 aromatic heterocycles. The van der Waals surface area contributed by atoms with Crippen LogP contribution in [0.4, 0.5) is 0 Å². The van der Waals surface area contributed by atoms with E-state index in [9.17, 15) is 25.2 Å². The first-order chi connectivity index (χ1) is 26.4. The molecule has 4 N–H and O–H groups in total. The van der Waals surface area contributed by atoms with Crippen LogP contribution in [0, 0.1) is 0 Å². The SMILES string of the molecule is CC/C=C\C/C=C\C/C=C\C/C=C\C/C=C\C/C=C\C/C=C\CCCCOCC(COC1OC(CO)C(O)C(O)C1O)OC(=O)CCCCCCCCC. The standard InChI is InChI=1S/C45H74O9/c1-3-5-7-9-11-12-13-14-15-16-17-18-19-20-21-22-23-24-25-26-27-29-31-33-35-51-37-39(53-41(47)34-32-30-28-10-8-6-4-2)38-52-45-44(50)43(49)42(48)40(36-46)54-45/h5,7,11-12,14-15,17-18,20-21,23-24,26-27,39-40,42-46,48-50H,3-4,6,8-10,13,16,19,22,25,28-38H2,1-2H3/b7-5-,12-11-,15-14-,18-17-,21-20-,24-23-,27-26-. The fraction of sp³-hybridized carbons (Fsp3) is 0.667. The Hall–Kier alpha value is -2.63. The van der Waals surface area contributed by atoms with Crippen molar-refractivity contribution in [1.82, 2.24) is 0 Å². The third kappa shape index (κ3) is 27.0.